The third kappa shape index (κ3) is 9.44. The van der Waals surface area contributed by atoms with E-state index in [0.717, 1.165) is 22.1 Å². The number of carboxylic acid groups (broad SMARTS) is 1. The van der Waals surface area contributed by atoms with Crippen molar-refractivity contribution in [1.82, 2.24) is 15.2 Å². The van der Waals surface area contributed by atoms with Gasteiger partial charge in [-0.05, 0) is 44.4 Å². The normalized spacial score (nSPS) is 20.6. The van der Waals surface area contributed by atoms with Crippen LogP contribution in [-0.2, 0) is 14.4 Å². The molecule has 0 radical (unpaired) electrons. The summed E-state index contributed by atoms with van der Waals surface area (Å²) < 4.78 is -0.618. The molecular weight excluding hydrogens is 601 g/mol. The van der Waals surface area contributed by atoms with E-state index in [1.54, 1.807) is 56.1 Å². The van der Waals surface area contributed by atoms with Crippen LogP contribution in [0, 0.1) is 5.92 Å². The van der Waals surface area contributed by atoms with E-state index in [1.807, 2.05) is 39.0 Å². The van der Waals surface area contributed by atoms with Gasteiger partial charge in [-0.15, -0.1) is 28.6 Å². The van der Waals surface area contributed by atoms with Gasteiger partial charge in [0.25, 0.3) is 0 Å². The molecule has 240 valence electrons. The summed E-state index contributed by atoms with van der Waals surface area (Å²) in [5, 5.41) is 20.2. The Kier molecular flexibility index (Phi) is 13.7. The van der Waals surface area contributed by atoms with Crippen LogP contribution in [0.15, 0.2) is 63.9 Å². The number of carboxylic acids is 1. The summed E-state index contributed by atoms with van der Waals surface area (Å²) in [6.45, 7) is 13.8. The lowest BCUT2D eigenvalue weighted by Gasteiger charge is -2.43. The van der Waals surface area contributed by atoms with Crippen LogP contribution < -0.4 is 22.5 Å². The highest BCUT2D eigenvalue weighted by Gasteiger charge is 2.64. The number of carbonyl (C=O) groups excluding carboxylic acids is 2. The van der Waals surface area contributed by atoms with Crippen LogP contribution in [0.1, 0.15) is 65.6 Å². The number of nitrogens with one attached hydrogen (secondary N) is 1. The van der Waals surface area contributed by atoms with Crippen LogP contribution in [0.25, 0.3) is 0 Å². The predicted octanol–water partition coefficient (Wildman–Crippen LogP) is 3.17. The number of thioether (sulfide) groups is 2. The molecule has 8 N–H and O–H groups in total. The highest BCUT2D eigenvalue weighted by molar-refractivity contribution is 8.01. The smallest absolute Gasteiger partial charge is 0.327 e. The zero-order chi connectivity index (χ0) is 33.2. The van der Waals surface area contributed by atoms with Crippen molar-refractivity contribution in [3.8, 4) is 0 Å². The van der Waals surface area contributed by atoms with Gasteiger partial charge in [-0.3, -0.25) is 9.59 Å². The predicted molar refractivity (Wildman–Crippen MR) is 178 cm³/mol. The van der Waals surface area contributed by atoms with E-state index in [2.05, 4.69) is 34.4 Å². The van der Waals surface area contributed by atoms with Gasteiger partial charge in [0.2, 0.25) is 17.8 Å². The number of rotatable bonds is 9. The second-order valence-corrected chi connectivity index (χ2v) is 13.6. The van der Waals surface area contributed by atoms with Crippen LogP contribution in [0.2, 0.25) is 0 Å². The fourth-order valence-electron chi connectivity index (χ4n) is 4.32. The lowest BCUT2D eigenvalue weighted by Crippen LogP contribution is -2.71. The molecule has 3 heterocycles. The first kappa shape index (κ1) is 36.6. The number of aromatic nitrogens is 1. The molecule has 1 aromatic carbocycles. The van der Waals surface area contributed by atoms with E-state index in [0.29, 0.717) is 11.5 Å². The second-order valence-electron chi connectivity index (χ2n) is 10.8. The Morgan fingerprint density at radius 3 is 2.30 bits per heavy atom. The van der Waals surface area contributed by atoms with Gasteiger partial charge < -0.3 is 32.5 Å². The number of pyridine rings is 1. The Balaban J connectivity index is 0.000000302. The maximum atomic E-state index is 12.3. The van der Waals surface area contributed by atoms with E-state index in [9.17, 15) is 19.5 Å². The van der Waals surface area contributed by atoms with Gasteiger partial charge in [0.1, 0.15) is 23.5 Å². The average molecular weight is 645 g/mol. The third-order valence-corrected chi connectivity index (χ3v) is 9.39. The van der Waals surface area contributed by atoms with Gasteiger partial charge >= 0.3 is 5.97 Å². The minimum atomic E-state index is -1.03. The first-order valence-corrected chi connectivity index (χ1v) is 16.2. The fourth-order valence-corrected chi connectivity index (χ4v) is 6.74. The molecule has 2 fully saturated rings. The molecule has 2 amide bonds. The van der Waals surface area contributed by atoms with E-state index < -0.39 is 34.7 Å². The highest BCUT2D eigenvalue weighted by atomic mass is 32.2. The number of guanidine groups is 1. The van der Waals surface area contributed by atoms with Crippen molar-refractivity contribution in [2.24, 2.45) is 33.3 Å². The number of nitrogens with zero attached hydrogens (tertiary/aromatic N) is 4. The molecular formula is C30H44N8O4S2. The minimum absolute atomic E-state index is 0.0496. The maximum absolute atomic E-state index is 12.3. The Morgan fingerprint density at radius 1 is 1.14 bits per heavy atom. The fraction of sp³-hybridized carbons (Fsp3) is 0.467. The van der Waals surface area contributed by atoms with Crippen molar-refractivity contribution in [2.45, 2.75) is 81.7 Å². The first-order chi connectivity index (χ1) is 20.7. The van der Waals surface area contributed by atoms with Gasteiger partial charge in [0.15, 0.2) is 0 Å². The molecule has 2 saturated heterocycles. The van der Waals surface area contributed by atoms with Gasteiger partial charge in [-0.2, -0.15) is 5.10 Å². The zero-order valence-corrected chi connectivity index (χ0v) is 27.9. The molecule has 44 heavy (non-hydrogen) atoms. The van der Waals surface area contributed by atoms with Crippen LogP contribution in [0.4, 0.5) is 0 Å². The number of hydrogen-bond donors (Lipinski definition) is 5. The number of β-lactam (4-membered cyclic amide) rings is 1. The number of hydrogen-bond acceptors (Lipinski definition) is 9. The highest BCUT2D eigenvalue weighted by Crippen LogP contribution is 2.50. The maximum Gasteiger partial charge on any atom is 0.327 e. The summed E-state index contributed by atoms with van der Waals surface area (Å²) in [7, 11) is 0. The Bertz CT molecular complexity index is 1330. The van der Waals surface area contributed by atoms with Crippen LogP contribution in [0.5, 0.6) is 0 Å². The monoisotopic (exact) mass is 644 g/mol. The van der Waals surface area contributed by atoms with Crippen molar-refractivity contribution in [3.63, 3.8) is 0 Å². The molecule has 2 aromatic rings. The molecule has 0 spiro atoms. The summed E-state index contributed by atoms with van der Waals surface area (Å²) >= 11 is 3.13. The molecule has 0 saturated carbocycles. The number of aliphatic carboxylic acids is 1. The molecule has 1 aromatic heterocycles. The third-order valence-electron chi connectivity index (χ3n) is 6.45. The van der Waals surface area contributed by atoms with Crippen molar-refractivity contribution in [2.75, 3.05) is 5.75 Å². The van der Waals surface area contributed by atoms with E-state index >= 15 is 0 Å². The Hall–Kier alpha value is -3.62. The molecule has 2 aliphatic rings. The van der Waals surface area contributed by atoms with Gasteiger partial charge in [0.05, 0.1) is 10.7 Å². The lowest BCUT2D eigenvalue weighted by molar-refractivity contribution is -0.161. The summed E-state index contributed by atoms with van der Waals surface area (Å²) in [4.78, 5) is 41.8. The van der Waals surface area contributed by atoms with Crippen molar-refractivity contribution < 1.29 is 19.5 Å². The largest absolute Gasteiger partial charge is 0.480 e. The quantitative estimate of drug-likeness (QED) is 0.0887. The molecule has 12 nitrogen and oxygen atoms in total. The SMILES string of the molecule is C/C(=N\N=C(N)N)c1ccc(SCC(C)C)nc1.CC.CC1(C)SC2C(NC(=O)C(N)c3ccccc3)C(=O)N2C1C(=O)O. The summed E-state index contributed by atoms with van der Waals surface area (Å²) in [6, 6.07) is 10.3. The molecule has 0 bridgehead atoms. The number of benzene rings is 1. The van der Waals surface area contributed by atoms with Crippen molar-refractivity contribution >= 4 is 53.0 Å². The molecule has 4 unspecified atom stereocenters. The standard InChI is InChI=1S/C16H19N3O4S.C12H19N5S.C2H6/c1-16(2)11(15(22)23)19-13(21)10(14(19)24-16)18-12(20)9(17)8-6-4-3-5-7-8;1-8(2)7-18-11-5-4-10(6-15-11)9(3)16-17-12(13)14;1-2/h3-7,9-11,14H,17H2,1-2H3,(H,18,20)(H,22,23);4-6,8H,7H2,1-3H3,(H4,13,14,17);1-2H3/b;16-9+;. The zero-order valence-electron chi connectivity index (χ0n) is 26.2. The minimum Gasteiger partial charge on any atom is -0.480 e. The topological polar surface area (TPSA) is 202 Å². The van der Waals surface area contributed by atoms with Gasteiger partial charge in [0, 0.05) is 22.3 Å². The average Bonchev–Trinajstić information content (AvgIpc) is 3.26. The van der Waals surface area contributed by atoms with E-state index in [4.69, 9.17) is 17.2 Å². The van der Waals surface area contributed by atoms with Crippen LogP contribution in [-0.4, -0.2) is 72.4 Å². The summed E-state index contributed by atoms with van der Waals surface area (Å²) in [6.07, 6.45) is 1.78. The molecule has 0 aliphatic carbocycles. The van der Waals surface area contributed by atoms with Crippen molar-refractivity contribution in [3.05, 3.63) is 59.8 Å². The molecule has 4 rings (SSSR count). The van der Waals surface area contributed by atoms with Crippen LogP contribution in [0.3, 0.4) is 0 Å². The first-order valence-electron chi connectivity index (χ1n) is 14.3. The summed E-state index contributed by atoms with van der Waals surface area (Å²) in [5.74, 6) is -0.189. The molecule has 14 heteroatoms. The van der Waals surface area contributed by atoms with Gasteiger partial charge in [-0.25, -0.2) is 9.78 Å². The summed E-state index contributed by atoms with van der Waals surface area (Å²) in [5.41, 5.74) is 18.7. The van der Waals surface area contributed by atoms with Gasteiger partial charge in [-0.1, -0.05) is 58.0 Å². The number of nitrogens with two attached hydrogens (primary N) is 3. The van der Waals surface area contributed by atoms with Crippen molar-refractivity contribution in [1.29, 1.82) is 0 Å². The number of amides is 2. The Morgan fingerprint density at radius 2 is 1.77 bits per heavy atom. The second kappa shape index (κ2) is 16.5. The number of fused-ring (bicyclic) bond motifs is 1. The van der Waals surface area contributed by atoms with E-state index in [-0.39, 0.29) is 17.2 Å². The van der Waals surface area contributed by atoms with Crippen LogP contribution >= 0.6 is 23.5 Å². The lowest BCUT2D eigenvalue weighted by atomic mass is 9.95. The molecule has 4 atom stereocenters. The Labute approximate surface area is 267 Å². The van der Waals surface area contributed by atoms with E-state index in [1.165, 1.54) is 16.7 Å². The molecule has 2 aliphatic heterocycles. The number of carbonyl (C=O) groups is 3.